The molecule has 0 aliphatic heterocycles. The number of hydrogen-bond donors (Lipinski definition) is 1. The zero-order valence-corrected chi connectivity index (χ0v) is 13.4. The normalized spacial score (nSPS) is 10.5. The first-order valence-electron chi connectivity index (χ1n) is 7.67. The monoisotopic (exact) mass is 305 g/mol. The molecule has 7 heteroatoms. The summed E-state index contributed by atoms with van der Waals surface area (Å²) in [6, 6.07) is 5.92. The average molecular weight is 305 g/mol. The van der Waals surface area contributed by atoms with Crippen LogP contribution in [0.25, 0.3) is 0 Å². The first-order chi connectivity index (χ1) is 10.8. The van der Waals surface area contributed by atoms with Crippen LogP contribution < -0.4 is 14.8 Å². The largest absolute Gasteiger partial charge is 0.490 e. The average Bonchev–Trinajstić information content (AvgIpc) is 2.96. The predicted octanol–water partition coefficient (Wildman–Crippen LogP) is 2.49. The van der Waals surface area contributed by atoms with Gasteiger partial charge in [0.25, 0.3) is 0 Å². The van der Waals surface area contributed by atoms with Gasteiger partial charge in [0, 0.05) is 13.1 Å². The number of ether oxygens (including phenoxy) is 2. The van der Waals surface area contributed by atoms with Gasteiger partial charge in [-0.25, -0.2) is 4.68 Å². The van der Waals surface area contributed by atoms with Crippen molar-refractivity contribution < 1.29 is 9.47 Å². The maximum Gasteiger partial charge on any atom is 0.243 e. The molecule has 0 fully saturated rings. The van der Waals surface area contributed by atoms with Crippen molar-refractivity contribution >= 4 is 5.95 Å². The molecule has 2 aromatic rings. The van der Waals surface area contributed by atoms with Crippen LogP contribution >= 0.6 is 0 Å². The number of hydrogen-bond acceptors (Lipinski definition) is 6. The highest BCUT2D eigenvalue weighted by molar-refractivity contribution is 5.44. The van der Waals surface area contributed by atoms with Gasteiger partial charge < -0.3 is 14.8 Å². The lowest BCUT2D eigenvalue weighted by Gasteiger charge is -2.13. The Morgan fingerprint density at radius 2 is 1.86 bits per heavy atom. The van der Waals surface area contributed by atoms with Crippen LogP contribution in [-0.2, 0) is 13.1 Å². The van der Waals surface area contributed by atoms with E-state index in [2.05, 4.69) is 27.8 Å². The van der Waals surface area contributed by atoms with Gasteiger partial charge in [-0.15, -0.1) is 0 Å². The van der Waals surface area contributed by atoms with E-state index in [9.17, 15) is 0 Å². The summed E-state index contributed by atoms with van der Waals surface area (Å²) in [5, 5.41) is 14.9. The summed E-state index contributed by atoms with van der Waals surface area (Å²) in [6.45, 7) is 8.64. The Labute approximate surface area is 130 Å². The Bertz CT molecular complexity index is 585. The van der Waals surface area contributed by atoms with Crippen molar-refractivity contribution in [3.63, 3.8) is 0 Å². The first kappa shape index (κ1) is 16.1. The molecule has 0 amide bonds. The van der Waals surface area contributed by atoms with Crippen LogP contribution in [0, 0.1) is 0 Å². The summed E-state index contributed by atoms with van der Waals surface area (Å²) < 4.78 is 13.0. The van der Waals surface area contributed by atoms with Crippen molar-refractivity contribution in [1.29, 1.82) is 0 Å². The van der Waals surface area contributed by atoms with E-state index in [-0.39, 0.29) is 0 Å². The van der Waals surface area contributed by atoms with E-state index in [4.69, 9.17) is 9.47 Å². The van der Waals surface area contributed by atoms with Gasteiger partial charge in [0.2, 0.25) is 5.95 Å². The highest BCUT2D eigenvalue weighted by Gasteiger charge is 2.08. The lowest BCUT2D eigenvalue weighted by molar-refractivity contribution is 0.287. The quantitative estimate of drug-likeness (QED) is 0.767. The van der Waals surface area contributed by atoms with Gasteiger partial charge in [-0.2, -0.15) is 0 Å². The van der Waals surface area contributed by atoms with Crippen LogP contribution in [0.3, 0.4) is 0 Å². The Kier molecular flexibility index (Phi) is 6.00. The summed E-state index contributed by atoms with van der Waals surface area (Å²) in [5.41, 5.74) is 1.08. The van der Waals surface area contributed by atoms with Crippen molar-refractivity contribution in [2.75, 3.05) is 18.5 Å². The number of anilines is 1. The number of tetrazole rings is 1. The molecule has 1 heterocycles. The van der Waals surface area contributed by atoms with E-state index in [0.717, 1.165) is 30.0 Å². The molecule has 7 nitrogen and oxygen atoms in total. The minimum Gasteiger partial charge on any atom is -0.490 e. The minimum atomic E-state index is 0.603. The van der Waals surface area contributed by atoms with Crippen molar-refractivity contribution in [3.8, 4) is 11.5 Å². The van der Waals surface area contributed by atoms with Crippen LogP contribution in [0.1, 0.15) is 32.8 Å². The van der Waals surface area contributed by atoms with E-state index in [1.54, 1.807) is 4.68 Å². The fourth-order valence-electron chi connectivity index (χ4n) is 2.08. The fraction of sp³-hybridized carbons (Fsp3) is 0.533. The van der Waals surface area contributed by atoms with Gasteiger partial charge in [0.05, 0.1) is 13.2 Å². The molecule has 120 valence electrons. The Morgan fingerprint density at radius 3 is 2.59 bits per heavy atom. The lowest BCUT2D eigenvalue weighted by atomic mass is 10.2. The van der Waals surface area contributed by atoms with Gasteiger partial charge in [-0.1, -0.05) is 18.1 Å². The van der Waals surface area contributed by atoms with Crippen LogP contribution in [0.15, 0.2) is 18.2 Å². The summed E-state index contributed by atoms with van der Waals surface area (Å²) in [7, 11) is 0. The zero-order valence-electron chi connectivity index (χ0n) is 13.4. The summed E-state index contributed by atoms with van der Waals surface area (Å²) >= 11 is 0. The molecule has 22 heavy (non-hydrogen) atoms. The highest BCUT2D eigenvalue weighted by atomic mass is 16.5. The van der Waals surface area contributed by atoms with Gasteiger partial charge in [0.15, 0.2) is 11.5 Å². The Morgan fingerprint density at radius 1 is 1.09 bits per heavy atom. The van der Waals surface area contributed by atoms with Crippen molar-refractivity contribution in [3.05, 3.63) is 23.8 Å². The van der Waals surface area contributed by atoms with Gasteiger partial charge >= 0.3 is 0 Å². The topological polar surface area (TPSA) is 74.1 Å². The summed E-state index contributed by atoms with van der Waals surface area (Å²) in [4.78, 5) is 0. The molecule has 1 aromatic carbocycles. The lowest BCUT2D eigenvalue weighted by Crippen LogP contribution is -2.09. The number of aromatic nitrogens is 4. The van der Waals surface area contributed by atoms with E-state index in [0.29, 0.717) is 25.7 Å². The van der Waals surface area contributed by atoms with Crippen LogP contribution in [-0.4, -0.2) is 33.4 Å². The maximum atomic E-state index is 5.63. The molecule has 1 aromatic heterocycles. The number of nitrogens with one attached hydrogen (secondary N) is 1. The molecular weight excluding hydrogens is 282 g/mol. The molecule has 2 rings (SSSR count). The third kappa shape index (κ3) is 4.09. The van der Waals surface area contributed by atoms with Crippen molar-refractivity contribution in [1.82, 2.24) is 20.2 Å². The van der Waals surface area contributed by atoms with Crippen LogP contribution in [0.5, 0.6) is 11.5 Å². The van der Waals surface area contributed by atoms with Gasteiger partial charge in [0.1, 0.15) is 0 Å². The summed E-state index contributed by atoms with van der Waals surface area (Å²) in [5.74, 6) is 2.20. The van der Waals surface area contributed by atoms with E-state index in [1.807, 2.05) is 32.0 Å². The molecule has 0 unspecified atom stereocenters. The number of benzene rings is 1. The smallest absolute Gasteiger partial charge is 0.243 e. The van der Waals surface area contributed by atoms with Gasteiger partial charge in [-0.05, 0) is 48.4 Å². The fourth-order valence-corrected chi connectivity index (χ4v) is 2.08. The molecule has 0 saturated carbocycles. The second kappa shape index (κ2) is 8.21. The molecule has 0 atom stereocenters. The van der Waals surface area contributed by atoms with Crippen LogP contribution in [0.4, 0.5) is 5.95 Å². The molecule has 0 aliphatic rings. The number of nitrogens with zero attached hydrogens (tertiary/aromatic N) is 4. The standard InChI is InChI=1S/C15H23N5O2/c1-4-9-20-15(17-18-19-20)16-11-12-7-8-13(21-5-2)14(10-12)22-6-3/h7-8,10H,4-6,9,11H2,1-3H3,(H,16,17,19). The predicted molar refractivity (Wildman–Crippen MR) is 84.2 cm³/mol. The van der Waals surface area contributed by atoms with Crippen molar-refractivity contribution in [2.45, 2.75) is 40.3 Å². The number of aryl methyl sites for hydroxylation is 1. The Hall–Kier alpha value is -2.31. The summed E-state index contributed by atoms with van der Waals surface area (Å²) in [6.07, 6.45) is 0.983. The zero-order chi connectivity index (χ0) is 15.8. The molecule has 1 N–H and O–H groups in total. The molecular formula is C15H23N5O2. The minimum absolute atomic E-state index is 0.603. The van der Waals surface area contributed by atoms with E-state index in [1.165, 1.54) is 0 Å². The second-order valence-electron chi connectivity index (χ2n) is 4.73. The third-order valence-electron chi connectivity index (χ3n) is 3.03. The molecule has 0 saturated heterocycles. The number of rotatable bonds is 9. The third-order valence-corrected chi connectivity index (χ3v) is 3.03. The first-order valence-corrected chi connectivity index (χ1v) is 7.67. The van der Waals surface area contributed by atoms with E-state index >= 15 is 0 Å². The molecule has 0 radical (unpaired) electrons. The Balaban J connectivity index is 2.05. The maximum absolute atomic E-state index is 5.63. The highest BCUT2D eigenvalue weighted by Crippen LogP contribution is 2.28. The molecule has 0 spiro atoms. The van der Waals surface area contributed by atoms with Crippen LogP contribution in [0.2, 0.25) is 0 Å². The molecule has 0 aliphatic carbocycles. The van der Waals surface area contributed by atoms with Gasteiger partial charge in [-0.3, -0.25) is 0 Å². The van der Waals surface area contributed by atoms with Crippen molar-refractivity contribution in [2.24, 2.45) is 0 Å². The second-order valence-corrected chi connectivity index (χ2v) is 4.73. The van der Waals surface area contributed by atoms with E-state index < -0.39 is 0 Å². The SMILES string of the molecule is CCCn1nnnc1NCc1ccc(OCC)c(OCC)c1. The molecule has 0 bridgehead atoms.